The van der Waals surface area contributed by atoms with Crippen molar-refractivity contribution in [1.29, 1.82) is 0 Å². The summed E-state index contributed by atoms with van der Waals surface area (Å²) in [7, 11) is 3.12. The molecule has 0 aromatic heterocycles. The van der Waals surface area contributed by atoms with Crippen LogP contribution >= 0.6 is 0 Å². The van der Waals surface area contributed by atoms with E-state index in [-0.39, 0.29) is 12.3 Å². The number of amides is 1. The van der Waals surface area contributed by atoms with Gasteiger partial charge in [-0.3, -0.25) is 9.59 Å². The van der Waals surface area contributed by atoms with Crippen molar-refractivity contribution in [3.8, 4) is 11.5 Å². The number of carboxylic acids is 1. The van der Waals surface area contributed by atoms with Crippen molar-refractivity contribution in [2.24, 2.45) is 0 Å². The molecule has 6 heteroatoms. The van der Waals surface area contributed by atoms with E-state index < -0.39 is 12.0 Å². The summed E-state index contributed by atoms with van der Waals surface area (Å²) >= 11 is 0. The van der Waals surface area contributed by atoms with Crippen LogP contribution in [0.5, 0.6) is 11.5 Å². The van der Waals surface area contributed by atoms with E-state index in [2.05, 4.69) is 25.1 Å². The Labute approximate surface area is 177 Å². The van der Waals surface area contributed by atoms with Gasteiger partial charge in [0.05, 0.1) is 26.7 Å². The summed E-state index contributed by atoms with van der Waals surface area (Å²) in [5.74, 6) is 0.188. The second kappa shape index (κ2) is 9.20. The monoisotopic (exact) mass is 411 g/mol. The number of aryl methyl sites for hydroxylation is 3. The molecule has 0 bridgehead atoms. The van der Waals surface area contributed by atoms with Crippen LogP contribution in [-0.2, 0) is 22.4 Å². The number of nitrogens with zero attached hydrogens (tertiary/aromatic N) is 1. The van der Waals surface area contributed by atoms with Gasteiger partial charge in [0.15, 0.2) is 11.5 Å². The van der Waals surface area contributed by atoms with Crippen LogP contribution in [-0.4, -0.2) is 42.6 Å². The lowest BCUT2D eigenvalue weighted by molar-refractivity contribution is -0.141. The summed E-state index contributed by atoms with van der Waals surface area (Å²) in [6, 6.07) is 9.42. The number of ether oxygens (including phenoxy) is 2. The molecule has 0 aliphatic carbocycles. The molecule has 1 aliphatic heterocycles. The average molecular weight is 411 g/mol. The minimum atomic E-state index is -0.935. The van der Waals surface area contributed by atoms with Gasteiger partial charge in [0.2, 0.25) is 5.91 Å². The van der Waals surface area contributed by atoms with Gasteiger partial charge in [0, 0.05) is 13.0 Å². The number of hydrogen-bond donors (Lipinski definition) is 1. The Kier molecular flexibility index (Phi) is 6.65. The molecule has 30 heavy (non-hydrogen) atoms. The van der Waals surface area contributed by atoms with Gasteiger partial charge in [-0.1, -0.05) is 23.8 Å². The van der Waals surface area contributed by atoms with Crippen molar-refractivity contribution in [1.82, 2.24) is 4.90 Å². The lowest BCUT2D eigenvalue weighted by atomic mass is 9.89. The Morgan fingerprint density at radius 3 is 2.43 bits per heavy atom. The van der Waals surface area contributed by atoms with E-state index in [4.69, 9.17) is 9.47 Å². The van der Waals surface area contributed by atoms with Crippen LogP contribution in [0, 0.1) is 13.8 Å². The number of methoxy groups -OCH3 is 2. The number of hydrogen-bond acceptors (Lipinski definition) is 4. The van der Waals surface area contributed by atoms with E-state index in [1.165, 1.54) is 11.1 Å². The van der Waals surface area contributed by atoms with Gasteiger partial charge in [0.25, 0.3) is 0 Å². The van der Waals surface area contributed by atoms with Gasteiger partial charge >= 0.3 is 5.97 Å². The smallest absolute Gasteiger partial charge is 0.305 e. The molecule has 160 valence electrons. The van der Waals surface area contributed by atoms with Crippen molar-refractivity contribution in [3.05, 3.63) is 58.1 Å². The lowest BCUT2D eigenvalue weighted by Gasteiger charge is -2.37. The van der Waals surface area contributed by atoms with Gasteiger partial charge in [0.1, 0.15) is 0 Å². The molecule has 1 amide bonds. The molecule has 2 aromatic carbocycles. The number of carbonyl (C=O) groups is 2. The van der Waals surface area contributed by atoms with Crippen LogP contribution in [0.15, 0.2) is 30.3 Å². The van der Waals surface area contributed by atoms with Gasteiger partial charge in [-0.25, -0.2) is 0 Å². The molecule has 0 saturated heterocycles. The summed E-state index contributed by atoms with van der Waals surface area (Å²) in [6.45, 7) is 4.59. The first-order valence-corrected chi connectivity index (χ1v) is 10.2. The minimum Gasteiger partial charge on any atom is -0.493 e. The van der Waals surface area contributed by atoms with E-state index in [1.807, 2.05) is 19.1 Å². The first-order chi connectivity index (χ1) is 14.3. The zero-order valence-corrected chi connectivity index (χ0v) is 18.0. The Morgan fingerprint density at radius 1 is 1.10 bits per heavy atom. The maximum atomic E-state index is 13.1. The number of fused-ring (bicyclic) bond motifs is 1. The third kappa shape index (κ3) is 4.58. The molecule has 0 saturated carbocycles. The molecule has 0 radical (unpaired) electrons. The number of aliphatic carboxylic acids is 1. The maximum Gasteiger partial charge on any atom is 0.305 e. The van der Waals surface area contributed by atoms with Gasteiger partial charge in [-0.15, -0.1) is 0 Å². The van der Waals surface area contributed by atoms with Crippen LogP contribution in [0.3, 0.4) is 0 Å². The van der Waals surface area contributed by atoms with Crippen LogP contribution in [0.4, 0.5) is 0 Å². The fourth-order valence-electron chi connectivity index (χ4n) is 4.22. The van der Waals surface area contributed by atoms with E-state index in [0.29, 0.717) is 37.3 Å². The molecule has 1 heterocycles. The standard InChI is InChI=1S/C24H29NO5/c1-15-5-6-17(16(2)11-15)7-8-23(26)25-10-9-18-12-21(29-3)22(30-4)13-19(18)20(25)14-24(27)28/h5-6,11-13,20H,7-10,14H2,1-4H3,(H,27,28). The average Bonchev–Trinajstić information content (AvgIpc) is 2.71. The Hall–Kier alpha value is -3.02. The van der Waals surface area contributed by atoms with Crippen molar-refractivity contribution >= 4 is 11.9 Å². The fraction of sp³-hybridized carbons (Fsp3) is 0.417. The normalized spacial score (nSPS) is 15.5. The molecule has 1 aliphatic rings. The van der Waals surface area contributed by atoms with Crippen molar-refractivity contribution in [2.45, 2.75) is 45.6 Å². The molecule has 2 aromatic rings. The van der Waals surface area contributed by atoms with Crippen LogP contribution in [0.1, 0.15) is 46.7 Å². The number of rotatable bonds is 7. The van der Waals surface area contributed by atoms with Crippen LogP contribution in [0.25, 0.3) is 0 Å². The second-order valence-electron chi connectivity index (χ2n) is 7.79. The third-order valence-electron chi connectivity index (χ3n) is 5.80. The quantitative estimate of drug-likeness (QED) is 0.749. The summed E-state index contributed by atoms with van der Waals surface area (Å²) < 4.78 is 10.8. The summed E-state index contributed by atoms with van der Waals surface area (Å²) in [5.41, 5.74) is 5.33. The lowest BCUT2D eigenvalue weighted by Crippen LogP contribution is -2.41. The first-order valence-electron chi connectivity index (χ1n) is 10.2. The minimum absolute atomic E-state index is 0.0262. The molecule has 6 nitrogen and oxygen atoms in total. The summed E-state index contributed by atoms with van der Waals surface area (Å²) in [5, 5.41) is 9.49. The Morgan fingerprint density at radius 2 is 1.80 bits per heavy atom. The molecule has 0 fully saturated rings. The van der Waals surface area contributed by atoms with Crippen LogP contribution < -0.4 is 9.47 Å². The summed E-state index contributed by atoms with van der Waals surface area (Å²) in [4.78, 5) is 26.4. The fourth-order valence-corrected chi connectivity index (χ4v) is 4.22. The Bertz CT molecular complexity index is 953. The van der Waals surface area contributed by atoms with E-state index in [1.54, 1.807) is 19.1 Å². The molecular weight excluding hydrogens is 382 g/mol. The molecule has 1 N–H and O–H groups in total. The highest BCUT2D eigenvalue weighted by molar-refractivity contribution is 5.79. The molecule has 1 unspecified atom stereocenters. The third-order valence-corrected chi connectivity index (χ3v) is 5.80. The topological polar surface area (TPSA) is 76.1 Å². The van der Waals surface area contributed by atoms with Crippen LogP contribution in [0.2, 0.25) is 0 Å². The summed E-state index contributed by atoms with van der Waals surface area (Å²) in [6.07, 6.45) is 1.50. The van der Waals surface area contributed by atoms with Crippen molar-refractivity contribution < 1.29 is 24.2 Å². The SMILES string of the molecule is COc1cc2c(cc1OC)C(CC(=O)O)N(C(=O)CCc1ccc(C)cc1C)CC2. The van der Waals surface area contributed by atoms with Crippen molar-refractivity contribution in [3.63, 3.8) is 0 Å². The number of carboxylic acid groups (broad SMARTS) is 1. The number of benzene rings is 2. The number of carbonyl (C=O) groups excluding carboxylic acids is 1. The highest BCUT2D eigenvalue weighted by Gasteiger charge is 2.33. The molecule has 3 rings (SSSR count). The van der Waals surface area contributed by atoms with E-state index in [0.717, 1.165) is 16.7 Å². The highest BCUT2D eigenvalue weighted by atomic mass is 16.5. The molecule has 0 spiro atoms. The zero-order valence-electron chi connectivity index (χ0n) is 18.0. The van der Waals surface area contributed by atoms with Gasteiger partial charge in [-0.05, 0) is 61.1 Å². The largest absolute Gasteiger partial charge is 0.493 e. The Balaban J connectivity index is 1.85. The molecule has 1 atom stereocenters. The van der Waals surface area contributed by atoms with E-state index >= 15 is 0 Å². The zero-order chi connectivity index (χ0) is 21.8. The van der Waals surface area contributed by atoms with Crippen molar-refractivity contribution in [2.75, 3.05) is 20.8 Å². The molecular formula is C24H29NO5. The van der Waals surface area contributed by atoms with Gasteiger partial charge < -0.3 is 19.5 Å². The predicted octanol–water partition coefficient (Wildman–Crippen LogP) is 3.85. The maximum absolute atomic E-state index is 13.1. The van der Waals surface area contributed by atoms with Gasteiger partial charge in [-0.2, -0.15) is 0 Å². The highest BCUT2D eigenvalue weighted by Crippen LogP contribution is 2.39. The first kappa shape index (κ1) is 21.7. The predicted molar refractivity (Wildman–Crippen MR) is 114 cm³/mol. The van der Waals surface area contributed by atoms with E-state index in [9.17, 15) is 14.7 Å². The second-order valence-corrected chi connectivity index (χ2v) is 7.79.